The van der Waals surface area contributed by atoms with Crippen LogP contribution in [0.4, 0.5) is 0 Å². The molecule has 0 aliphatic carbocycles. The summed E-state index contributed by atoms with van der Waals surface area (Å²) in [4.78, 5) is 11.6. The number of hydrogen-bond donors (Lipinski definition) is 2. The van der Waals surface area contributed by atoms with E-state index in [1.807, 2.05) is 49.4 Å². The van der Waals surface area contributed by atoms with Crippen LogP contribution >= 0.6 is 10.8 Å². The van der Waals surface area contributed by atoms with Crippen molar-refractivity contribution in [3.63, 3.8) is 0 Å². The van der Waals surface area contributed by atoms with Crippen LogP contribution in [0.15, 0.2) is 54.6 Å². The largest absolute Gasteiger partial charge is 0.465 e. The van der Waals surface area contributed by atoms with Crippen molar-refractivity contribution in [3.8, 4) is 0 Å². The van der Waals surface area contributed by atoms with Gasteiger partial charge in [0.25, 0.3) is 0 Å². The SMILES string of the molecule is COC(=O)c1ccc(CN2C(C)CCC(c3ccccc3)S2(O)O)cc1. The molecule has 3 rings (SSSR count). The summed E-state index contributed by atoms with van der Waals surface area (Å²) in [7, 11) is -1.60. The Morgan fingerprint density at radius 1 is 1.12 bits per heavy atom. The second-order valence-corrected chi connectivity index (χ2v) is 8.81. The van der Waals surface area contributed by atoms with E-state index < -0.39 is 10.8 Å². The van der Waals surface area contributed by atoms with Gasteiger partial charge in [-0.2, -0.15) is 4.31 Å². The number of carbonyl (C=O) groups is 1. The number of hydrogen-bond acceptors (Lipinski definition) is 5. The minimum absolute atomic E-state index is 0.0697. The molecule has 1 aliphatic rings. The molecule has 2 aromatic rings. The fraction of sp³-hybridized carbons (Fsp3) is 0.350. The maximum absolute atomic E-state index is 11.6. The van der Waals surface area contributed by atoms with E-state index in [0.29, 0.717) is 12.1 Å². The van der Waals surface area contributed by atoms with E-state index in [-0.39, 0.29) is 17.3 Å². The van der Waals surface area contributed by atoms with Crippen molar-refractivity contribution in [1.29, 1.82) is 0 Å². The van der Waals surface area contributed by atoms with Crippen molar-refractivity contribution >= 4 is 16.7 Å². The Morgan fingerprint density at radius 2 is 1.77 bits per heavy atom. The molecule has 0 aromatic heterocycles. The minimum atomic E-state index is -2.95. The van der Waals surface area contributed by atoms with Crippen LogP contribution in [0.1, 0.15) is 46.5 Å². The average molecular weight is 375 g/mol. The monoisotopic (exact) mass is 375 g/mol. The summed E-state index contributed by atoms with van der Waals surface area (Å²) < 4.78 is 28.6. The fourth-order valence-corrected chi connectivity index (χ4v) is 5.71. The van der Waals surface area contributed by atoms with Gasteiger partial charge in [-0.05, 0) is 43.0 Å². The van der Waals surface area contributed by atoms with Crippen LogP contribution in [-0.2, 0) is 11.3 Å². The number of benzene rings is 2. The van der Waals surface area contributed by atoms with E-state index in [0.717, 1.165) is 24.0 Å². The van der Waals surface area contributed by atoms with Gasteiger partial charge in [-0.15, -0.1) is 10.8 Å². The molecule has 5 nitrogen and oxygen atoms in total. The van der Waals surface area contributed by atoms with Gasteiger partial charge in [0.2, 0.25) is 0 Å². The van der Waals surface area contributed by atoms with Crippen LogP contribution in [0.3, 0.4) is 0 Å². The molecular formula is C20H25NO4S. The molecule has 1 fully saturated rings. The number of methoxy groups -OCH3 is 1. The van der Waals surface area contributed by atoms with E-state index >= 15 is 0 Å². The predicted octanol–water partition coefficient (Wildman–Crippen LogP) is 4.86. The molecule has 0 saturated carbocycles. The molecule has 1 saturated heterocycles. The average Bonchev–Trinajstić information content (AvgIpc) is 2.65. The molecule has 2 atom stereocenters. The Bertz CT molecular complexity index is 748. The van der Waals surface area contributed by atoms with Gasteiger partial charge in [0.05, 0.1) is 17.9 Å². The Labute approximate surface area is 156 Å². The Morgan fingerprint density at radius 3 is 2.38 bits per heavy atom. The molecule has 6 heteroatoms. The first-order valence-corrected chi connectivity index (χ1v) is 10.3. The lowest BCUT2D eigenvalue weighted by Gasteiger charge is -2.54. The van der Waals surface area contributed by atoms with Crippen LogP contribution < -0.4 is 0 Å². The third-order valence-corrected chi connectivity index (χ3v) is 7.40. The van der Waals surface area contributed by atoms with Gasteiger partial charge in [0.15, 0.2) is 0 Å². The summed E-state index contributed by atoms with van der Waals surface area (Å²) >= 11 is 0. The molecule has 0 spiro atoms. The standard InChI is InChI=1S/C20H25NO4S/c1-15-8-13-19(17-6-4-3-5-7-17)26(23,24)21(15)14-16-9-11-18(12-10-16)20(22)25-2/h3-7,9-12,15,19,23-24H,8,13-14H2,1-2H3. The van der Waals surface area contributed by atoms with Gasteiger partial charge in [-0.25, -0.2) is 4.79 Å². The highest BCUT2D eigenvalue weighted by Crippen LogP contribution is 2.62. The first-order chi connectivity index (χ1) is 12.4. The summed E-state index contributed by atoms with van der Waals surface area (Å²) in [6.45, 7) is 2.45. The molecular weight excluding hydrogens is 350 g/mol. The Balaban J connectivity index is 1.82. The molecule has 2 aromatic carbocycles. The Kier molecular flexibility index (Phi) is 5.67. The molecule has 0 amide bonds. The van der Waals surface area contributed by atoms with Crippen molar-refractivity contribution in [1.82, 2.24) is 4.31 Å². The van der Waals surface area contributed by atoms with Crippen molar-refractivity contribution < 1.29 is 18.6 Å². The molecule has 26 heavy (non-hydrogen) atoms. The lowest BCUT2D eigenvalue weighted by atomic mass is 10.0. The van der Waals surface area contributed by atoms with Crippen LogP contribution in [0, 0.1) is 0 Å². The zero-order chi connectivity index (χ0) is 18.7. The summed E-state index contributed by atoms with van der Waals surface area (Å²) in [6, 6.07) is 16.9. The van der Waals surface area contributed by atoms with Gasteiger partial charge in [0.1, 0.15) is 0 Å². The first kappa shape index (κ1) is 18.9. The molecule has 2 N–H and O–H groups in total. The Hall–Kier alpha value is -1.86. The number of carbonyl (C=O) groups excluding carboxylic acids is 1. The van der Waals surface area contributed by atoms with Crippen LogP contribution in [-0.4, -0.2) is 32.5 Å². The zero-order valence-electron chi connectivity index (χ0n) is 15.0. The normalized spacial score (nSPS) is 24.0. The highest BCUT2D eigenvalue weighted by Gasteiger charge is 2.40. The third kappa shape index (κ3) is 3.78. The minimum Gasteiger partial charge on any atom is -0.465 e. The van der Waals surface area contributed by atoms with Crippen LogP contribution in [0.25, 0.3) is 0 Å². The van der Waals surface area contributed by atoms with Crippen molar-refractivity contribution in [3.05, 3.63) is 71.3 Å². The summed E-state index contributed by atoms with van der Waals surface area (Å²) in [5.74, 6) is -0.378. The van der Waals surface area contributed by atoms with Gasteiger partial charge in [-0.1, -0.05) is 42.5 Å². The van der Waals surface area contributed by atoms with E-state index in [1.54, 1.807) is 16.4 Å². The van der Waals surface area contributed by atoms with Gasteiger partial charge in [-0.3, -0.25) is 9.11 Å². The maximum Gasteiger partial charge on any atom is 0.337 e. The van der Waals surface area contributed by atoms with E-state index in [4.69, 9.17) is 4.74 Å². The van der Waals surface area contributed by atoms with Gasteiger partial charge < -0.3 is 4.74 Å². The quantitative estimate of drug-likeness (QED) is 0.747. The molecule has 1 aliphatic heterocycles. The third-order valence-electron chi connectivity index (χ3n) is 4.95. The summed E-state index contributed by atoms with van der Waals surface area (Å²) in [5.41, 5.74) is 2.38. The van der Waals surface area contributed by atoms with E-state index in [2.05, 4.69) is 0 Å². The molecule has 1 heterocycles. The van der Waals surface area contributed by atoms with E-state index in [9.17, 15) is 13.9 Å². The number of esters is 1. The summed E-state index contributed by atoms with van der Waals surface area (Å²) in [6.07, 6.45) is 1.65. The molecule has 0 radical (unpaired) electrons. The van der Waals surface area contributed by atoms with E-state index in [1.165, 1.54) is 7.11 Å². The van der Waals surface area contributed by atoms with Gasteiger partial charge >= 0.3 is 5.97 Å². The summed E-state index contributed by atoms with van der Waals surface area (Å²) in [5, 5.41) is -0.283. The second-order valence-electron chi connectivity index (χ2n) is 6.65. The topological polar surface area (TPSA) is 70.0 Å². The maximum atomic E-state index is 11.6. The molecule has 2 unspecified atom stereocenters. The van der Waals surface area contributed by atoms with Crippen molar-refractivity contribution in [2.24, 2.45) is 0 Å². The lowest BCUT2D eigenvalue weighted by Crippen LogP contribution is -2.41. The zero-order valence-corrected chi connectivity index (χ0v) is 15.9. The lowest BCUT2D eigenvalue weighted by molar-refractivity contribution is 0.0600. The number of rotatable bonds is 4. The predicted molar refractivity (Wildman–Crippen MR) is 104 cm³/mol. The smallest absolute Gasteiger partial charge is 0.337 e. The highest BCUT2D eigenvalue weighted by atomic mass is 32.3. The second kappa shape index (κ2) is 7.80. The first-order valence-electron chi connectivity index (χ1n) is 8.69. The number of nitrogens with zero attached hydrogens (tertiary/aromatic N) is 1. The molecule has 140 valence electrons. The highest BCUT2D eigenvalue weighted by molar-refractivity contribution is 8.22. The molecule has 0 bridgehead atoms. The van der Waals surface area contributed by atoms with Crippen molar-refractivity contribution in [2.75, 3.05) is 7.11 Å². The number of ether oxygens (including phenoxy) is 1. The van der Waals surface area contributed by atoms with Crippen LogP contribution in [0.2, 0.25) is 0 Å². The van der Waals surface area contributed by atoms with Gasteiger partial charge in [0, 0.05) is 12.6 Å². The fourth-order valence-electron chi connectivity index (χ4n) is 3.43. The van der Waals surface area contributed by atoms with Crippen LogP contribution in [0.5, 0.6) is 0 Å². The van der Waals surface area contributed by atoms with Crippen molar-refractivity contribution in [2.45, 2.75) is 37.6 Å².